The third-order valence-corrected chi connectivity index (χ3v) is 4.37. The summed E-state index contributed by atoms with van der Waals surface area (Å²) in [6.45, 7) is 0. The van der Waals surface area contributed by atoms with Crippen molar-refractivity contribution >= 4 is 56.0 Å². The number of halogens is 7. The number of rotatable bonds is 1. The lowest BCUT2D eigenvalue weighted by molar-refractivity contribution is -0.193. The number of alkyl halides is 6. The zero-order valence-electron chi connectivity index (χ0n) is 17.1. The van der Waals surface area contributed by atoms with Crippen molar-refractivity contribution in [3.63, 3.8) is 0 Å². The van der Waals surface area contributed by atoms with Crippen LogP contribution >= 0.6 is 11.6 Å². The van der Waals surface area contributed by atoms with Crippen molar-refractivity contribution in [2.45, 2.75) is 12.4 Å². The van der Waals surface area contributed by atoms with Gasteiger partial charge in [-0.05, 0) is 29.0 Å². The molecule has 182 valence electrons. The van der Waals surface area contributed by atoms with E-state index in [1.165, 1.54) is 0 Å². The van der Waals surface area contributed by atoms with Crippen molar-refractivity contribution in [1.82, 2.24) is 19.9 Å². The predicted octanol–water partition coefficient (Wildman–Crippen LogP) is 5.40. The number of aromatic nitrogens is 4. The molecule has 14 heteroatoms. The Morgan fingerprint density at radius 2 is 1.43 bits per heavy atom. The molecular formula is C21H12ClF6N5O2. The van der Waals surface area contributed by atoms with E-state index in [-0.39, 0.29) is 0 Å². The number of Topliss-reactive ketones (excluding diaryl/α,β-unsaturated/α-hetero) is 2. The molecule has 0 unspecified atom stereocenters. The van der Waals surface area contributed by atoms with Gasteiger partial charge < -0.3 is 10.3 Å². The summed E-state index contributed by atoms with van der Waals surface area (Å²) in [7, 11) is 0. The number of hydrogen-bond donors (Lipinski definition) is 2. The number of H-pyrrole nitrogens is 1. The van der Waals surface area contributed by atoms with E-state index in [1.54, 1.807) is 18.6 Å². The normalized spacial score (nSPS) is 12.5. The van der Waals surface area contributed by atoms with Crippen LogP contribution in [0.4, 0.5) is 32.3 Å². The first-order chi connectivity index (χ1) is 16.3. The van der Waals surface area contributed by atoms with E-state index in [4.69, 9.17) is 11.6 Å². The zero-order chi connectivity index (χ0) is 25.8. The molecule has 2 aromatic heterocycles. The molecule has 0 spiro atoms. The highest BCUT2D eigenvalue weighted by molar-refractivity contribution is 6.48. The number of anilines is 1. The third-order valence-electron chi connectivity index (χ3n) is 4.09. The fraction of sp³-hybridized carbons (Fsp3) is 0.0952. The quantitative estimate of drug-likeness (QED) is 0.332. The second-order valence-electron chi connectivity index (χ2n) is 6.74. The van der Waals surface area contributed by atoms with Crippen LogP contribution in [0.1, 0.15) is 5.82 Å². The highest BCUT2D eigenvalue weighted by atomic mass is 35.5. The van der Waals surface area contributed by atoms with E-state index < -0.39 is 23.9 Å². The molecule has 4 rings (SSSR count). The molecular weight excluding hydrogens is 504 g/mol. The number of nitrogens with zero attached hydrogens (tertiary/aromatic N) is 3. The van der Waals surface area contributed by atoms with Crippen molar-refractivity contribution in [3.8, 4) is 0 Å². The predicted molar refractivity (Wildman–Crippen MR) is 115 cm³/mol. The van der Waals surface area contributed by atoms with Gasteiger partial charge in [-0.1, -0.05) is 35.9 Å². The zero-order valence-corrected chi connectivity index (χ0v) is 17.8. The van der Waals surface area contributed by atoms with Gasteiger partial charge in [0, 0.05) is 12.4 Å². The molecule has 3 aromatic rings. The number of benzene rings is 1. The number of hydrogen-bond acceptors (Lipinski definition) is 6. The molecule has 6 bridgehead atoms. The maximum Gasteiger partial charge on any atom is 0.458 e. The molecule has 0 amide bonds. The maximum atomic E-state index is 11.2. The molecule has 1 aliphatic rings. The molecule has 2 N–H and O–H groups in total. The molecule has 0 radical (unpaired) electrons. The summed E-state index contributed by atoms with van der Waals surface area (Å²) in [6.07, 6.45) is -6.39. The van der Waals surface area contributed by atoms with E-state index in [9.17, 15) is 35.9 Å². The summed E-state index contributed by atoms with van der Waals surface area (Å²) in [6, 6.07) is 13.9. The van der Waals surface area contributed by atoms with Crippen molar-refractivity contribution in [1.29, 1.82) is 0 Å². The standard InChI is InChI=1S/C17H12ClN5.C4F6O2/c18-15-10-20-17-22-14-7-12(8-19-9-14)5-4-11-2-1-3-13(6-11)21-16(15)23-17;5-3(6,7)1(11)2(12)4(8,9)10/h1-10H,(H2,20,21,22,23);. The Kier molecular flexibility index (Phi) is 7.39. The van der Waals surface area contributed by atoms with Crippen LogP contribution in [0.25, 0.3) is 26.8 Å². The van der Waals surface area contributed by atoms with Crippen LogP contribution in [0.2, 0.25) is 0 Å². The Morgan fingerprint density at radius 3 is 2.09 bits per heavy atom. The number of pyridine rings is 1. The minimum Gasteiger partial charge on any atom is -0.331 e. The fourth-order valence-corrected chi connectivity index (χ4v) is 2.70. The summed E-state index contributed by atoms with van der Waals surface area (Å²) >= 11 is 6.21. The van der Waals surface area contributed by atoms with E-state index in [0.717, 1.165) is 21.8 Å². The monoisotopic (exact) mass is 515 g/mol. The van der Waals surface area contributed by atoms with Crippen LogP contribution in [0, 0.1) is 0 Å². The Bertz CT molecular complexity index is 1390. The van der Waals surface area contributed by atoms with Gasteiger partial charge in [0.25, 0.3) is 0 Å². The van der Waals surface area contributed by atoms with Crippen molar-refractivity contribution in [2.75, 3.05) is 5.32 Å². The van der Waals surface area contributed by atoms with E-state index >= 15 is 0 Å². The van der Waals surface area contributed by atoms with Gasteiger partial charge in [0.05, 0.1) is 22.3 Å². The summed E-state index contributed by atoms with van der Waals surface area (Å²) < 4.78 is 67.0. The van der Waals surface area contributed by atoms with Crippen LogP contribution in [0.15, 0.2) is 61.1 Å². The van der Waals surface area contributed by atoms with Crippen molar-refractivity contribution < 1.29 is 35.9 Å². The van der Waals surface area contributed by atoms with E-state index in [2.05, 4.69) is 25.3 Å². The number of aromatic amines is 1. The fourth-order valence-electron chi connectivity index (χ4n) is 2.55. The van der Waals surface area contributed by atoms with Crippen molar-refractivity contribution in [2.24, 2.45) is 0 Å². The Balaban J connectivity index is 0.000000245. The highest BCUT2D eigenvalue weighted by Crippen LogP contribution is 2.24. The topological polar surface area (TPSA) is 101 Å². The third kappa shape index (κ3) is 6.99. The first kappa shape index (κ1) is 25.6. The Morgan fingerprint density at radius 1 is 0.800 bits per heavy atom. The molecule has 35 heavy (non-hydrogen) atoms. The Labute approximate surface area is 196 Å². The van der Waals surface area contributed by atoms with Crippen molar-refractivity contribution in [3.05, 3.63) is 66.9 Å². The SMILES string of the molecule is ClC1=CNc2nc3cncc(ccc4cccc(c4)nc1[nH]2)c3.O=C(C(=O)C(F)(F)F)C(F)(F)F. The number of carbonyl (C=O) groups is 2. The molecule has 1 aromatic carbocycles. The lowest BCUT2D eigenvalue weighted by atomic mass is 10.2. The first-order valence-corrected chi connectivity index (χ1v) is 9.73. The molecule has 1 aliphatic heterocycles. The second-order valence-corrected chi connectivity index (χ2v) is 7.15. The number of fused-ring (bicyclic) bond motifs is 6. The van der Waals surface area contributed by atoms with Crippen LogP contribution < -0.4 is 5.32 Å². The molecule has 0 atom stereocenters. The van der Waals surface area contributed by atoms with Gasteiger partial charge in [0.1, 0.15) is 0 Å². The summed E-state index contributed by atoms with van der Waals surface area (Å²) in [4.78, 5) is 35.6. The van der Waals surface area contributed by atoms with E-state index in [1.807, 2.05) is 42.5 Å². The lowest BCUT2D eigenvalue weighted by Gasteiger charge is -2.07. The van der Waals surface area contributed by atoms with Crippen LogP contribution in [0.3, 0.4) is 0 Å². The smallest absolute Gasteiger partial charge is 0.331 e. The van der Waals surface area contributed by atoms with Gasteiger partial charge >= 0.3 is 23.9 Å². The van der Waals surface area contributed by atoms with Gasteiger partial charge in [-0.2, -0.15) is 26.3 Å². The highest BCUT2D eigenvalue weighted by Gasteiger charge is 2.54. The van der Waals surface area contributed by atoms with Gasteiger partial charge in [0.15, 0.2) is 5.82 Å². The summed E-state index contributed by atoms with van der Waals surface area (Å²) in [5.41, 5.74) is 1.55. The number of ketones is 2. The minimum atomic E-state index is -5.77. The maximum absolute atomic E-state index is 11.2. The van der Waals surface area contributed by atoms with E-state index in [0.29, 0.717) is 16.8 Å². The van der Waals surface area contributed by atoms with Crippen LogP contribution in [-0.2, 0) is 9.59 Å². The second kappa shape index (κ2) is 10.1. The molecule has 0 saturated heterocycles. The average molecular weight is 516 g/mol. The molecule has 7 nitrogen and oxygen atoms in total. The summed E-state index contributed by atoms with van der Waals surface area (Å²) in [5, 5.41) is 5.52. The van der Waals surface area contributed by atoms with Crippen LogP contribution in [-0.4, -0.2) is 43.9 Å². The number of nitrogens with one attached hydrogen (secondary N) is 2. The summed E-state index contributed by atoms with van der Waals surface area (Å²) in [5.74, 6) is -5.72. The average Bonchev–Trinajstić information content (AvgIpc) is 2.78. The molecule has 0 fully saturated rings. The van der Waals surface area contributed by atoms with Gasteiger partial charge in [-0.25, -0.2) is 9.97 Å². The Hall–Kier alpha value is -4.00. The number of carbonyl (C=O) groups excluding carboxylic acids is 2. The molecule has 3 heterocycles. The van der Waals surface area contributed by atoms with Gasteiger partial charge in [-0.15, -0.1) is 0 Å². The largest absolute Gasteiger partial charge is 0.458 e. The van der Waals surface area contributed by atoms with Gasteiger partial charge in [0.2, 0.25) is 5.95 Å². The van der Waals surface area contributed by atoms with Crippen LogP contribution in [0.5, 0.6) is 0 Å². The van der Waals surface area contributed by atoms with Gasteiger partial charge in [-0.3, -0.25) is 14.6 Å². The molecule has 0 aliphatic carbocycles. The minimum absolute atomic E-state index is 0.492. The first-order valence-electron chi connectivity index (χ1n) is 9.36. The molecule has 0 saturated carbocycles. The lowest BCUT2D eigenvalue weighted by Crippen LogP contribution is -2.39.